The number of likely N-dealkylation sites (tertiary alicyclic amines) is 1. The molecule has 152 valence electrons. The zero-order chi connectivity index (χ0) is 20.5. The number of carbonyl (C=O) groups excluding carboxylic acids is 5. The molecule has 0 atom stereocenters. The topological polar surface area (TPSA) is 101 Å². The van der Waals surface area contributed by atoms with Crippen molar-refractivity contribution in [3.8, 4) is 0 Å². The van der Waals surface area contributed by atoms with Crippen LogP contribution in [0, 0.1) is 0 Å². The van der Waals surface area contributed by atoms with Crippen LogP contribution >= 0.6 is 0 Å². The fourth-order valence-corrected chi connectivity index (χ4v) is 4.26. The average Bonchev–Trinajstić information content (AvgIpc) is 3.27. The third-order valence-electron chi connectivity index (χ3n) is 5.79. The fourth-order valence-electron chi connectivity index (χ4n) is 4.26. The lowest BCUT2D eigenvalue weighted by molar-refractivity contribution is -0.143. The van der Waals surface area contributed by atoms with E-state index in [2.05, 4.69) is 0 Å². The minimum atomic E-state index is -0.774. The Labute approximate surface area is 167 Å². The minimum Gasteiger partial charge on any atom is -0.452 e. The van der Waals surface area contributed by atoms with Crippen LogP contribution < -0.4 is 0 Å². The summed E-state index contributed by atoms with van der Waals surface area (Å²) in [5.74, 6) is -2.30. The molecule has 1 aromatic carbocycles. The standard InChI is InChI=1S/C21H22N2O6/c24-17-7-4-10-22(17)18(25)12-29-21(28)13-8-9-15-16(11-13)20(27)23(19(15)26)14-5-2-1-3-6-14/h8-9,11,14H,1-7,10,12H2. The first kappa shape index (κ1) is 19.3. The Morgan fingerprint density at radius 3 is 2.38 bits per heavy atom. The summed E-state index contributed by atoms with van der Waals surface area (Å²) in [4.78, 5) is 63.8. The average molecular weight is 398 g/mol. The van der Waals surface area contributed by atoms with E-state index in [1.807, 2.05) is 0 Å². The zero-order valence-corrected chi connectivity index (χ0v) is 16.0. The molecular weight excluding hydrogens is 376 g/mol. The monoisotopic (exact) mass is 398 g/mol. The summed E-state index contributed by atoms with van der Waals surface area (Å²) in [6.45, 7) is -0.204. The quantitative estimate of drug-likeness (QED) is 0.567. The predicted molar refractivity (Wildman–Crippen MR) is 100 cm³/mol. The fraction of sp³-hybridized carbons (Fsp3) is 0.476. The van der Waals surface area contributed by atoms with E-state index in [1.54, 1.807) is 0 Å². The SMILES string of the molecule is O=C(OCC(=O)N1CCCC1=O)c1ccc2c(c1)C(=O)N(C1CCCCC1)C2=O. The van der Waals surface area contributed by atoms with Crippen LogP contribution in [0.4, 0.5) is 0 Å². The van der Waals surface area contributed by atoms with Crippen molar-refractivity contribution in [2.24, 2.45) is 0 Å². The second-order valence-corrected chi connectivity index (χ2v) is 7.65. The summed E-state index contributed by atoms with van der Waals surface area (Å²) in [6.07, 6.45) is 5.62. The number of nitrogens with zero attached hydrogens (tertiary/aromatic N) is 2. The van der Waals surface area contributed by atoms with Gasteiger partial charge < -0.3 is 4.74 Å². The third-order valence-corrected chi connectivity index (χ3v) is 5.79. The molecule has 1 saturated heterocycles. The van der Waals surface area contributed by atoms with Crippen LogP contribution in [-0.4, -0.2) is 58.6 Å². The first-order valence-corrected chi connectivity index (χ1v) is 9.99. The molecule has 8 nitrogen and oxygen atoms in total. The zero-order valence-electron chi connectivity index (χ0n) is 16.0. The van der Waals surface area contributed by atoms with Crippen molar-refractivity contribution in [2.45, 2.75) is 51.0 Å². The van der Waals surface area contributed by atoms with Gasteiger partial charge in [0.2, 0.25) is 5.91 Å². The molecule has 0 N–H and O–H groups in total. The Kier molecular flexibility index (Phi) is 5.17. The number of ether oxygens (including phenoxy) is 1. The molecule has 1 aromatic rings. The van der Waals surface area contributed by atoms with Crippen LogP contribution in [0.1, 0.15) is 76.0 Å². The van der Waals surface area contributed by atoms with E-state index in [9.17, 15) is 24.0 Å². The molecular formula is C21H22N2O6. The van der Waals surface area contributed by atoms with Crippen LogP contribution in [0.25, 0.3) is 0 Å². The lowest BCUT2D eigenvalue weighted by atomic mass is 9.94. The maximum Gasteiger partial charge on any atom is 0.338 e. The van der Waals surface area contributed by atoms with Gasteiger partial charge in [-0.15, -0.1) is 0 Å². The highest BCUT2D eigenvalue weighted by Crippen LogP contribution is 2.31. The van der Waals surface area contributed by atoms with Crippen molar-refractivity contribution in [2.75, 3.05) is 13.2 Å². The highest BCUT2D eigenvalue weighted by atomic mass is 16.5. The van der Waals surface area contributed by atoms with Gasteiger partial charge in [-0.05, 0) is 37.5 Å². The van der Waals surface area contributed by atoms with Gasteiger partial charge in [0, 0.05) is 19.0 Å². The van der Waals surface area contributed by atoms with Gasteiger partial charge in [0.25, 0.3) is 17.7 Å². The molecule has 1 saturated carbocycles. The van der Waals surface area contributed by atoms with Gasteiger partial charge in [0.1, 0.15) is 0 Å². The Bertz CT molecular complexity index is 902. The van der Waals surface area contributed by atoms with Crippen molar-refractivity contribution in [3.63, 3.8) is 0 Å². The molecule has 29 heavy (non-hydrogen) atoms. The summed E-state index contributed by atoms with van der Waals surface area (Å²) in [6, 6.07) is 4.14. The number of carbonyl (C=O) groups is 5. The molecule has 0 radical (unpaired) electrons. The smallest absolute Gasteiger partial charge is 0.338 e. The summed E-state index contributed by atoms with van der Waals surface area (Å²) >= 11 is 0. The number of hydrogen-bond acceptors (Lipinski definition) is 6. The van der Waals surface area contributed by atoms with Gasteiger partial charge in [-0.3, -0.25) is 29.0 Å². The van der Waals surface area contributed by atoms with E-state index in [4.69, 9.17) is 4.74 Å². The predicted octanol–water partition coefficient (Wildman–Crippen LogP) is 1.92. The molecule has 2 fully saturated rings. The number of benzene rings is 1. The van der Waals surface area contributed by atoms with E-state index in [0.29, 0.717) is 19.4 Å². The van der Waals surface area contributed by atoms with Crippen LogP contribution in [0.5, 0.6) is 0 Å². The van der Waals surface area contributed by atoms with Crippen LogP contribution in [0.15, 0.2) is 18.2 Å². The number of rotatable bonds is 4. The summed E-state index contributed by atoms with van der Waals surface area (Å²) < 4.78 is 5.02. The van der Waals surface area contributed by atoms with E-state index in [-0.39, 0.29) is 40.5 Å². The van der Waals surface area contributed by atoms with Crippen LogP contribution in [0.3, 0.4) is 0 Å². The second kappa shape index (κ2) is 7.77. The molecule has 0 spiro atoms. The van der Waals surface area contributed by atoms with Gasteiger partial charge in [0.05, 0.1) is 16.7 Å². The molecule has 2 aliphatic heterocycles. The number of fused-ring (bicyclic) bond motifs is 1. The van der Waals surface area contributed by atoms with Gasteiger partial charge >= 0.3 is 5.97 Å². The van der Waals surface area contributed by atoms with E-state index >= 15 is 0 Å². The van der Waals surface area contributed by atoms with E-state index in [0.717, 1.165) is 37.0 Å². The Morgan fingerprint density at radius 1 is 0.966 bits per heavy atom. The minimum absolute atomic E-state index is 0.0935. The molecule has 0 aromatic heterocycles. The second-order valence-electron chi connectivity index (χ2n) is 7.65. The Hall–Kier alpha value is -3.03. The van der Waals surface area contributed by atoms with Crippen molar-refractivity contribution in [3.05, 3.63) is 34.9 Å². The first-order valence-electron chi connectivity index (χ1n) is 9.99. The summed E-state index contributed by atoms with van der Waals surface area (Å²) in [5.41, 5.74) is 0.572. The molecule has 4 rings (SSSR count). The number of esters is 1. The third kappa shape index (κ3) is 3.54. The van der Waals surface area contributed by atoms with Crippen LogP contribution in [0.2, 0.25) is 0 Å². The van der Waals surface area contributed by atoms with Crippen LogP contribution in [-0.2, 0) is 14.3 Å². The summed E-state index contributed by atoms with van der Waals surface area (Å²) in [7, 11) is 0. The normalized spacial score (nSPS) is 19.7. The number of imide groups is 2. The maximum absolute atomic E-state index is 12.8. The number of hydrogen-bond donors (Lipinski definition) is 0. The van der Waals surface area contributed by atoms with Crippen molar-refractivity contribution in [1.82, 2.24) is 9.80 Å². The lowest BCUT2D eigenvalue weighted by Gasteiger charge is -2.29. The van der Waals surface area contributed by atoms with Crippen molar-refractivity contribution >= 4 is 29.6 Å². The molecule has 1 aliphatic carbocycles. The van der Waals surface area contributed by atoms with E-state index in [1.165, 1.54) is 23.1 Å². The van der Waals surface area contributed by atoms with Gasteiger partial charge in [-0.25, -0.2) is 4.79 Å². The van der Waals surface area contributed by atoms with Crippen molar-refractivity contribution < 1.29 is 28.7 Å². The maximum atomic E-state index is 12.8. The molecule has 0 unspecified atom stereocenters. The summed E-state index contributed by atoms with van der Waals surface area (Å²) in [5, 5.41) is 0. The highest BCUT2D eigenvalue weighted by molar-refractivity contribution is 6.22. The Morgan fingerprint density at radius 2 is 1.69 bits per heavy atom. The molecule has 4 amide bonds. The molecule has 2 heterocycles. The highest BCUT2D eigenvalue weighted by Gasteiger charge is 2.40. The largest absolute Gasteiger partial charge is 0.452 e. The first-order chi connectivity index (χ1) is 14.0. The van der Waals surface area contributed by atoms with Gasteiger partial charge in [0.15, 0.2) is 6.61 Å². The van der Waals surface area contributed by atoms with Gasteiger partial charge in [-0.1, -0.05) is 19.3 Å². The number of amides is 4. The van der Waals surface area contributed by atoms with Gasteiger partial charge in [-0.2, -0.15) is 0 Å². The molecule has 0 bridgehead atoms. The van der Waals surface area contributed by atoms with Crippen molar-refractivity contribution in [1.29, 1.82) is 0 Å². The molecule has 3 aliphatic rings. The Balaban J connectivity index is 1.45. The van der Waals surface area contributed by atoms with E-state index < -0.39 is 18.5 Å². The lowest BCUT2D eigenvalue weighted by Crippen LogP contribution is -2.40. The molecule has 8 heteroatoms.